The predicted molar refractivity (Wildman–Crippen MR) is 72.5 cm³/mol. The summed E-state index contributed by atoms with van der Waals surface area (Å²) in [6, 6.07) is 2.21. The first-order valence-electron chi connectivity index (χ1n) is 7.08. The first kappa shape index (κ1) is 11.0. The van der Waals surface area contributed by atoms with E-state index in [1.807, 2.05) is 0 Å². The number of nitrogens with zero attached hydrogens (tertiary/aromatic N) is 1. The van der Waals surface area contributed by atoms with E-state index in [2.05, 4.69) is 21.7 Å². The minimum absolute atomic E-state index is 0.132. The number of likely N-dealkylation sites (tertiary alicyclic amines) is 1. The van der Waals surface area contributed by atoms with Crippen LogP contribution < -0.4 is 0 Å². The molecule has 2 aliphatic carbocycles. The molecule has 4 rings (SSSR count). The molecular weight excluding hydrogens is 242 g/mol. The topological polar surface area (TPSA) is 20.3 Å². The second kappa shape index (κ2) is 3.83. The van der Waals surface area contributed by atoms with Gasteiger partial charge in [0.15, 0.2) is 0 Å². The van der Waals surface area contributed by atoms with Gasteiger partial charge in [-0.25, -0.2) is 0 Å². The van der Waals surface area contributed by atoms with E-state index in [0.29, 0.717) is 11.8 Å². The van der Waals surface area contributed by atoms with Gasteiger partial charge in [0.2, 0.25) is 5.91 Å². The van der Waals surface area contributed by atoms with Crippen LogP contribution in [-0.2, 0) is 11.2 Å². The van der Waals surface area contributed by atoms with Crippen LogP contribution in [0.15, 0.2) is 16.8 Å². The van der Waals surface area contributed by atoms with Gasteiger partial charge in [-0.1, -0.05) is 6.42 Å². The molecule has 3 heteroatoms. The monoisotopic (exact) mass is 261 g/mol. The Morgan fingerprint density at radius 1 is 1.50 bits per heavy atom. The maximum absolute atomic E-state index is 12.5. The highest BCUT2D eigenvalue weighted by molar-refractivity contribution is 7.07. The lowest BCUT2D eigenvalue weighted by atomic mass is 9.90. The molecule has 0 N–H and O–H groups in total. The number of fused-ring (bicyclic) bond motifs is 1. The molecule has 1 aromatic heterocycles. The van der Waals surface area contributed by atoms with Gasteiger partial charge in [0, 0.05) is 13.1 Å². The molecule has 2 heterocycles. The predicted octanol–water partition coefficient (Wildman–Crippen LogP) is 2.94. The van der Waals surface area contributed by atoms with E-state index >= 15 is 0 Å². The maximum Gasteiger partial charge on any atom is 0.229 e. The van der Waals surface area contributed by atoms with Crippen molar-refractivity contribution in [1.82, 2.24) is 4.90 Å². The van der Waals surface area contributed by atoms with Crippen LogP contribution in [-0.4, -0.2) is 23.9 Å². The van der Waals surface area contributed by atoms with Gasteiger partial charge in [-0.05, 0) is 59.9 Å². The normalized spacial score (nSPS) is 34.2. The van der Waals surface area contributed by atoms with Crippen LogP contribution >= 0.6 is 11.3 Å². The molecule has 3 fully saturated rings. The van der Waals surface area contributed by atoms with Gasteiger partial charge in [-0.2, -0.15) is 11.3 Å². The first-order chi connectivity index (χ1) is 8.78. The maximum atomic E-state index is 12.5. The van der Waals surface area contributed by atoms with Gasteiger partial charge in [-0.3, -0.25) is 4.79 Å². The Morgan fingerprint density at radius 3 is 3.00 bits per heavy atom. The number of amides is 1. The molecule has 0 unspecified atom stereocenters. The third kappa shape index (κ3) is 1.56. The number of rotatable bonds is 3. The quantitative estimate of drug-likeness (QED) is 0.819. The van der Waals surface area contributed by atoms with Gasteiger partial charge < -0.3 is 4.90 Å². The zero-order chi connectivity index (χ0) is 12.2. The van der Waals surface area contributed by atoms with E-state index in [0.717, 1.165) is 25.4 Å². The van der Waals surface area contributed by atoms with Gasteiger partial charge in [0.1, 0.15) is 0 Å². The molecule has 2 saturated carbocycles. The molecular formula is C15H19NOS. The highest BCUT2D eigenvalue weighted by atomic mass is 32.1. The zero-order valence-corrected chi connectivity index (χ0v) is 11.4. The average Bonchev–Trinajstić information content (AvgIpc) is 2.74. The smallest absolute Gasteiger partial charge is 0.229 e. The Morgan fingerprint density at radius 2 is 2.39 bits per heavy atom. The van der Waals surface area contributed by atoms with Crippen molar-refractivity contribution in [2.45, 2.75) is 32.1 Å². The van der Waals surface area contributed by atoms with Crippen LogP contribution in [0.25, 0.3) is 0 Å². The van der Waals surface area contributed by atoms with Crippen LogP contribution in [0.5, 0.6) is 0 Å². The molecule has 96 valence electrons. The summed E-state index contributed by atoms with van der Waals surface area (Å²) in [6.45, 7) is 2.01. The summed E-state index contributed by atoms with van der Waals surface area (Å²) in [5.41, 5.74) is 1.58. The number of carbonyl (C=O) groups is 1. The molecule has 18 heavy (non-hydrogen) atoms. The number of hydrogen-bond acceptors (Lipinski definition) is 2. The summed E-state index contributed by atoms with van der Waals surface area (Å²) < 4.78 is 0. The van der Waals surface area contributed by atoms with E-state index in [-0.39, 0.29) is 5.41 Å². The van der Waals surface area contributed by atoms with Crippen molar-refractivity contribution in [1.29, 1.82) is 0 Å². The van der Waals surface area contributed by atoms with Crippen molar-refractivity contribution in [2.75, 3.05) is 13.1 Å². The van der Waals surface area contributed by atoms with Crippen LogP contribution in [0, 0.1) is 17.3 Å². The Hall–Kier alpha value is -0.830. The summed E-state index contributed by atoms with van der Waals surface area (Å²) in [7, 11) is 0. The van der Waals surface area contributed by atoms with Crippen molar-refractivity contribution in [2.24, 2.45) is 17.3 Å². The molecule has 1 amide bonds. The van der Waals surface area contributed by atoms with Gasteiger partial charge >= 0.3 is 0 Å². The van der Waals surface area contributed by atoms with E-state index in [1.165, 1.54) is 31.2 Å². The SMILES string of the molecule is O=C(N1CC(Cc2ccsc2)C1)[C@@]12CCC[C@@H]1C2. The standard InChI is InChI=1S/C15H19NOS/c17-14(15-4-1-2-13(15)7-15)16-8-12(9-16)6-11-3-5-18-10-11/h3,5,10,12-13H,1-2,4,6-9H2/t13-,15-/m1/s1. The lowest BCUT2D eigenvalue weighted by Crippen LogP contribution is -2.53. The van der Waals surface area contributed by atoms with Crippen LogP contribution in [0.1, 0.15) is 31.2 Å². The highest BCUT2D eigenvalue weighted by Gasteiger charge is 2.63. The fourth-order valence-electron chi connectivity index (χ4n) is 4.02. The number of thiophene rings is 1. The minimum Gasteiger partial charge on any atom is -0.341 e. The van der Waals surface area contributed by atoms with Gasteiger partial charge in [0.25, 0.3) is 0 Å². The van der Waals surface area contributed by atoms with E-state index in [9.17, 15) is 4.79 Å². The molecule has 2 nitrogen and oxygen atoms in total. The Bertz CT molecular complexity index is 463. The third-order valence-electron chi connectivity index (χ3n) is 5.18. The first-order valence-corrected chi connectivity index (χ1v) is 8.03. The second-order valence-corrected chi connectivity index (χ2v) is 7.14. The van der Waals surface area contributed by atoms with Crippen LogP contribution in [0.3, 0.4) is 0 Å². The molecule has 0 radical (unpaired) electrons. The summed E-state index contributed by atoms with van der Waals surface area (Å²) >= 11 is 1.77. The van der Waals surface area contributed by atoms with Crippen molar-refractivity contribution >= 4 is 17.2 Å². The summed E-state index contributed by atoms with van der Waals surface area (Å²) in [5, 5.41) is 4.38. The lowest BCUT2D eigenvalue weighted by Gasteiger charge is -2.41. The fraction of sp³-hybridized carbons (Fsp3) is 0.667. The molecule has 1 saturated heterocycles. The Labute approximate surface area is 112 Å². The fourth-order valence-corrected chi connectivity index (χ4v) is 4.70. The van der Waals surface area contributed by atoms with Crippen molar-refractivity contribution in [3.05, 3.63) is 22.4 Å². The largest absolute Gasteiger partial charge is 0.341 e. The Balaban J connectivity index is 1.33. The molecule has 2 atom stereocenters. The molecule has 1 aromatic rings. The van der Waals surface area contributed by atoms with Crippen molar-refractivity contribution in [3.63, 3.8) is 0 Å². The molecule has 0 spiro atoms. The number of carbonyl (C=O) groups excluding carboxylic acids is 1. The molecule has 0 bridgehead atoms. The van der Waals surface area contributed by atoms with E-state index in [1.54, 1.807) is 11.3 Å². The molecule has 3 aliphatic rings. The van der Waals surface area contributed by atoms with Crippen LogP contribution in [0.2, 0.25) is 0 Å². The second-order valence-electron chi connectivity index (χ2n) is 6.36. The van der Waals surface area contributed by atoms with Gasteiger partial charge in [-0.15, -0.1) is 0 Å². The molecule has 1 aliphatic heterocycles. The highest BCUT2D eigenvalue weighted by Crippen LogP contribution is 2.64. The van der Waals surface area contributed by atoms with Gasteiger partial charge in [0.05, 0.1) is 5.41 Å². The molecule has 0 aromatic carbocycles. The van der Waals surface area contributed by atoms with Crippen molar-refractivity contribution < 1.29 is 4.79 Å². The van der Waals surface area contributed by atoms with E-state index < -0.39 is 0 Å². The lowest BCUT2D eigenvalue weighted by molar-refractivity contribution is -0.143. The summed E-state index contributed by atoms with van der Waals surface area (Å²) in [6.07, 6.45) is 6.10. The van der Waals surface area contributed by atoms with Crippen LogP contribution in [0.4, 0.5) is 0 Å². The zero-order valence-electron chi connectivity index (χ0n) is 10.6. The third-order valence-corrected chi connectivity index (χ3v) is 5.91. The average molecular weight is 261 g/mol. The summed E-state index contributed by atoms with van der Waals surface area (Å²) in [5.74, 6) is 1.95. The van der Waals surface area contributed by atoms with Crippen molar-refractivity contribution in [3.8, 4) is 0 Å². The Kier molecular flexibility index (Phi) is 2.35. The minimum atomic E-state index is 0.132. The van der Waals surface area contributed by atoms with E-state index in [4.69, 9.17) is 0 Å². The summed E-state index contributed by atoms with van der Waals surface area (Å²) in [4.78, 5) is 14.6. The number of hydrogen-bond donors (Lipinski definition) is 0.